The molecule has 1 aromatic heterocycles. The van der Waals surface area contributed by atoms with Crippen LogP contribution >= 0.6 is 12.4 Å². The second kappa shape index (κ2) is 14.0. The molecule has 1 fully saturated rings. The second-order valence-corrected chi connectivity index (χ2v) is 9.91. The third-order valence-electron chi connectivity index (χ3n) is 6.83. The van der Waals surface area contributed by atoms with E-state index in [0.717, 1.165) is 34.8 Å². The number of benzene rings is 1. The zero-order valence-corrected chi connectivity index (χ0v) is 22.2. The third-order valence-corrected chi connectivity index (χ3v) is 6.83. The number of aromatic nitrogens is 1. The molecule has 1 aromatic carbocycles. The summed E-state index contributed by atoms with van der Waals surface area (Å²) < 4.78 is 5.50. The Kier molecular flexibility index (Phi) is 11.7. The summed E-state index contributed by atoms with van der Waals surface area (Å²) in [7, 11) is 1.73. The number of unbranched alkanes of at least 4 members (excludes halogenated alkanes) is 3. The van der Waals surface area contributed by atoms with Crippen molar-refractivity contribution in [2.75, 3.05) is 51.7 Å². The average molecular weight is 477 g/mol. The fourth-order valence-corrected chi connectivity index (χ4v) is 4.68. The van der Waals surface area contributed by atoms with Crippen molar-refractivity contribution in [2.45, 2.75) is 65.8 Å². The molecule has 0 spiro atoms. The van der Waals surface area contributed by atoms with Gasteiger partial charge in [-0.2, -0.15) is 0 Å². The van der Waals surface area contributed by atoms with Gasteiger partial charge in [0.15, 0.2) is 0 Å². The summed E-state index contributed by atoms with van der Waals surface area (Å²) in [5.74, 6) is 1.69. The summed E-state index contributed by atoms with van der Waals surface area (Å²) >= 11 is 0. The van der Waals surface area contributed by atoms with Gasteiger partial charge in [-0.05, 0) is 69.8 Å². The van der Waals surface area contributed by atoms with E-state index in [1.807, 2.05) is 6.20 Å². The van der Waals surface area contributed by atoms with Crippen molar-refractivity contribution in [3.63, 3.8) is 0 Å². The van der Waals surface area contributed by atoms with Gasteiger partial charge < -0.3 is 15.0 Å². The minimum atomic E-state index is 0. The molecule has 1 saturated heterocycles. The Labute approximate surface area is 207 Å². The molecule has 1 unspecified atom stereocenters. The van der Waals surface area contributed by atoms with E-state index in [1.54, 1.807) is 7.11 Å². The molecule has 5 nitrogen and oxygen atoms in total. The number of rotatable bonds is 12. The Morgan fingerprint density at radius 2 is 1.91 bits per heavy atom. The molecule has 1 atom stereocenters. The molecule has 0 aliphatic carbocycles. The molecule has 0 saturated carbocycles. The van der Waals surface area contributed by atoms with Gasteiger partial charge in [-0.1, -0.05) is 26.7 Å². The van der Waals surface area contributed by atoms with Crippen LogP contribution in [0.1, 0.15) is 58.4 Å². The predicted octanol–water partition coefficient (Wildman–Crippen LogP) is 6.00. The maximum absolute atomic E-state index is 5.50. The molecule has 1 aliphatic rings. The van der Waals surface area contributed by atoms with Gasteiger partial charge in [0.1, 0.15) is 5.75 Å². The summed E-state index contributed by atoms with van der Waals surface area (Å²) in [6, 6.07) is 6.89. The highest BCUT2D eigenvalue weighted by molar-refractivity contribution is 5.93. The first-order chi connectivity index (χ1) is 15.5. The van der Waals surface area contributed by atoms with Crippen LogP contribution in [0.2, 0.25) is 0 Å². The summed E-state index contributed by atoms with van der Waals surface area (Å²) in [6.07, 6.45) is 8.27. The molecule has 33 heavy (non-hydrogen) atoms. The smallest absolute Gasteiger partial charge is 0.121 e. The van der Waals surface area contributed by atoms with Crippen molar-refractivity contribution in [1.29, 1.82) is 0 Å². The Hall–Kier alpha value is -1.56. The number of aryl methyl sites for hydroxylation is 1. The number of pyridine rings is 1. The van der Waals surface area contributed by atoms with E-state index < -0.39 is 0 Å². The third kappa shape index (κ3) is 8.31. The van der Waals surface area contributed by atoms with Crippen molar-refractivity contribution in [2.24, 2.45) is 5.92 Å². The number of hydrogen-bond acceptors (Lipinski definition) is 5. The van der Waals surface area contributed by atoms with E-state index in [1.165, 1.54) is 70.4 Å². The Bertz CT molecular complexity index is 844. The molecule has 1 N–H and O–H groups in total. The minimum absolute atomic E-state index is 0. The lowest BCUT2D eigenvalue weighted by atomic mass is 10.1. The number of anilines is 1. The van der Waals surface area contributed by atoms with E-state index in [2.05, 4.69) is 66.0 Å². The standard InChI is InChI=1S/C27H44N4O.ClH/c1-21(2)11-15-30-16-17-31(23(4)20-30)14-9-7-6-8-12-28-26-19-24(32-5)18-25-22(3)10-13-29-27(25)26;/h10,13,18-19,21,23,28H,6-9,11-12,14-17,20H2,1-5H3;1H. The van der Waals surface area contributed by atoms with Crippen LogP contribution in [-0.4, -0.2) is 67.2 Å². The highest BCUT2D eigenvalue weighted by Gasteiger charge is 2.22. The highest BCUT2D eigenvalue weighted by Crippen LogP contribution is 2.29. The van der Waals surface area contributed by atoms with Crippen molar-refractivity contribution >= 4 is 29.0 Å². The maximum atomic E-state index is 5.50. The maximum Gasteiger partial charge on any atom is 0.121 e. The number of halogens is 1. The van der Waals surface area contributed by atoms with Gasteiger partial charge in [-0.3, -0.25) is 9.88 Å². The van der Waals surface area contributed by atoms with Crippen molar-refractivity contribution in [3.05, 3.63) is 30.0 Å². The Balaban J connectivity index is 0.00000385. The summed E-state index contributed by atoms with van der Waals surface area (Å²) in [5, 5.41) is 4.76. The first-order valence-corrected chi connectivity index (χ1v) is 12.6. The summed E-state index contributed by atoms with van der Waals surface area (Å²) in [4.78, 5) is 9.96. The molecule has 0 amide bonds. The quantitative estimate of drug-likeness (QED) is 0.380. The van der Waals surface area contributed by atoms with Crippen molar-refractivity contribution in [1.82, 2.24) is 14.8 Å². The van der Waals surface area contributed by atoms with Crippen LogP contribution in [0.3, 0.4) is 0 Å². The number of nitrogens with zero attached hydrogens (tertiary/aromatic N) is 3. The topological polar surface area (TPSA) is 40.6 Å². The number of ether oxygens (including phenoxy) is 1. The fraction of sp³-hybridized carbons (Fsp3) is 0.667. The summed E-state index contributed by atoms with van der Waals surface area (Å²) in [5.41, 5.74) is 3.34. The fourth-order valence-electron chi connectivity index (χ4n) is 4.68. The average Bonchev–Trinajstić information content (AvgIpc) is 2.78. The number of fused-ring (bicyclic) bond motifs is 1. The van der Waals surface area contributed by atoms with Gasteiger partial charge in [0.2, 0.25) is 0 Å². The van der Waals surface area contributed by atoms with Gasteiger partial charge in [0, 0.05) is 49.9 Å². The van der Waals surface area contributed by atoms with Crippen LogP contribution in [0, 0.1) is 12.8 Å². The van der Waals surface area contributed by atoms with E-state index in [-0.39, 0.29) is 12.4 Å². The van der Waals surface area contributed by atoms with Crippen molar-refractivity contribution < 1.29 is 4.74 Å². The van der Waals surface area contributed by atoms with Crippen LogP contribution in [0.5, 0.6) is 5.75 Å². The minimum Gasteiger partial charge on any atom is -0.497 e. The molecule has 2 aromatic rings. The van der Waals surface area contributed by atoms with Crippen LogP contribution in [0.25, 0.3) is 10.9 Å². The molecule has 186 valence electrons. The first-order valence-electron chi connectivity index (χ1n) is 12.6. The molecule has 0 radical (unpaired) electrons. The normalized spacial score (nSPS) is 17.3. The van der Waals surface area contributed by atoms with Gasteiger partial charge >= 0.3 is 0 Å². The zero-order valence-electron chi connectivity index (χ0n) is 21.4. The second-order valence-electron chi connectivity index (χ2n) is 9.91. The predicted molar refractivity (Wildman–Crippen MR) is 144 cm³/mol. The Morgan fingerprint density at radius 1 is 1.12 bits per heavy atom. The van der Waals surface area contributed by atoms with E-state index >= 15 is 0 Å². The van der Waals surface area contributed by atoms with Gasteiger partial charge in [0.05, 0.1) is 18.3 Å². The van der Waals surface area contributed by atoms with E-state index in [0.29, 0.717) is 6.04 Å². The molecule has 2 heterocycles. The summed E-state index contributed by atoms with van der Waals surface area (Å²) in [6.45, 7) is 16.4. The first kappa shape index (κ1) is 27.7. The SMILES string of the molecule is COc1cc(NCCCCCCN2CCN(CCC(C)C)CC2C)c2nccc(C)c2c1.Cl. The van der Waals surface area contributed by atoms with Gasteiger partial charge in [-0.15, -0.1) is 12.4 Å². The molecule has 3 rings (SSSR count). The monoisotopic (exact) mass is 476 g/mol. The lowest BCUT2D eigenvalue weighted by molar-refractivity contribution is 0.0792. The molecule has 0 bridgehead atoms. The molecular weight excluding hydrogens is 432 g/mol. The van der Waals surface area contributed by atoms with Gasteiger partial charge in [0.25, 0.3) is 0 Å². The van der Waals surface area contributed by atoms with Crippen LogP contribution in [0.15, 0.2) is 24.4 Å². The lowest BCUT2D eigenvalue weighted by Crippen LogP contribution is -2.52. The number of piperazine rings is 1. The molecule has 1 aliphatic heterocycles. The Morgan fingerprint density at radius 3 is 2.64 bits per heavy atom. The van der Waals surface area contributed by atoms with E-state index in [9.17, 15) is 0 Å². The van der Waals surface area contributed by atoms with Crippen LogP contribution < -0.4 is 10.1 Å². The van der Waals surface area contributed by atoms with Gasteiger partial charge in [-0.25, -0.2) is 0 Å². The highest BCUT2D eigenvalue weighted by atomic mass is 35.5. The van der Waals surface area contributed by atoms with Crippen LogP contribution in [-0.2, 0) is 0 Å². The molecule has 6 heteroatoms. The number of nitrogens with one attached hydrogen (secondary N) is 1. The van der Waals surface area contributed by atoms with Crippen molar-refractivity contribution in [3.8, 4) is 5.75 Å². The number of methoxy groups -OCH3 is 1. The van der Waals surface area contributed by atoms with Crippen LogP contribution in [0.4, 0.5) is 5.69 Å². The zero-order chi connectivity index (χ0) is 22.9. The number of hydrogen-bond donors (Lipinski definition) is 1. The molecular formula is C27H45ClN4O. The van der Waals surface area contributed by atoms with E-state index in [4.69, 9.17) is 4.74 Å². The lowest BCUT2D eigenvalue weighted by Gasteiger charge is -2.40. The largest absolute Gasteiger partial charge is 0.497 e.